The fraction of sp³-hybridized carbons (Fsp3) is 0.105. The van der Waals surface area contributed by atoms with Crippen LogP contribution in [-0.2, 0) is 6.54 Å². The lowest BCUT2D eigenvalue weighted by Crippen LogP contribution is -2.43. The largest absolute Gasteiger partial charge is 0.330 e. The molecule has 6 heteroatoms. The van der Waals surface area contributed by atoms with Crippen LogP contribution in [0.2, 0.25) is 0 Å². The smallest absolute Gasteiger partial charge is 0.324 e. The molecule has 0 bridgehead atoms. The molecule has 0 unspecified atom stereocenters. The van der Waals surface area contributed by atoms with Gasteiger partial charge >= 0.3 is 6.03 Å². The van der Waals surface area contributed by atoms with Crippen LogP contribution in [0.1, 0.15) is 5.56 Å². The lowest BCUT2D eigenvalue weighted by atomic mass is 10.2. The first-order chi connectivity index (χ1) is 12.2. The van der Waals surface area contributed by atoms with Gasteiger partial charge in [0.15, 0.2) is 5.82 Å². The van der Waals surface area contributed by atoms with Crippen molar-refractivity contribution in [3.05, 3.63) is 72.4 Å². The normalized spacial score (nSPS) is 13.6. The molecule has 0 spiro atoms. The van der Waals surface area contributed by atoms with E-state index in [-0.39, 0.29) is 6.03 Å². The van der Waals surface area contributed by atoms with Crippen molar-refractivity contribution >= 4 is 29.2 Å². The monoisotopic (exact) mass is 331 g/mol. The van der Waals surface area contributed by atoms with E-state index in [0.717, 1.165) is 16.9 Å². The number of hydrogen-bond donors (Lipinski definition) is 1. The maximum atomic E-state index is 12.7. The zero-order valence-corrected chi connectivity index (χ0v) is 13.8. The minimum atomic E-state index is -0.108. The van der Waals surface area contributed by atoms with E-state index in [1.165, 1.54) is 0 Å². The molecule has 1 aliphatic heterocycles. The van der Waals surface area contributed by atoms with Crippen molar-refractivity contribution in [1.82, 2.24) is 14.9 Å². The maximum absolute atomic E-state index is 12.7. The van der Waals surface area contributed by atoms with Crippen LogP contribution >= 0.6 is 0 Å². The van der Waals surface area contributed by atoms with Crippen molar-refractivity contribution in [3.63, 3.8) is 0 Å². The molecule has 1 N–H and O–H groups in total. The molecule has 0 radical (unpaired) electrons. The Morgan fingerprint density at radius 3 is 2.40 bits per heavy atom. The molecule has 1 aliphatic rings. The number of amides is 2. The van der Waals surface area contributed by atoms with Gasteiger partial charge in [0, 0.05) is 24.5 Å². The first-order valence-electron chi connectivity index (χ1n) is 8.00. The van der Waals surface area contributed by atoms with E-state index in [1.807, 2.05) is 60.7 Å². The van der Waals surface area contributed by atoms with Gasteiger partial charge in [-0.25, -0.2) is 14.7 Å². The zero-order valence-electron chi connectivity index (χ0n) is 13.8. The van der Waals surface area contributed by atoms with E-state index >= 15 is 0 Å². The van der Waals surface area contributed by atoms with Crippen LogP contribution in [-0.4, -0.2) is 27.9 Å². The van der Waals surface area contributed by atoms with E-state index in [2.05, 4.69) is 15.3 Å². The molecule has 25 heavy (non-hydrogen) atoms. The average Bonchev–Trinajstić information content (AvgIpc) is 2.65. The predicted molar refractivity (Wildman–Crippen MR) is 97.2 cm³/mol. The Balaban J connectivity index is 1.76. The first-order valence-corrected chi connectivity index (χ1v) is 8.00. The maximum Gasteiger partial charge on any atom is 0.330 e. The van der Waals surface area contributed by atoms with E-state index in [0.29, 0.717) is 18.3 Å². The fourth-order valence-electron chi connectivity index (χ4n) is 2.81. The van der Waals surface area contributed by atoms with Crippen LogP contribution in [0.3, 0.4) is 0 Å². The summed E-state index contributed by atoms with van der Waals surface area (Å²) in [5, 5.41) is 3.18. The SMILES string of the molecule is CN1Cc2cnc(Nc3ccccc3)nc2N(c2ccccc2)C1=O. The number of hydrogen-bond acceptors (Lipinski definition) is 4. The molecule has 6 nitrogen and oxygen atoms in total. The number of benzene rings is 2. The molecule has 1 aromatic heterocycles. The Labute approximate surface area is 145 Å². The van der Waals surface area contributed by atoms with Gasteiger partial charge in [-0.2, -0.15) is 4.98 Å². The van der Waals surface area contributed by atoms with Gasteiger partial charge in [0.1, 0.15) is 0 Å². The third kappa shape index (κ3) is 2.89. The van der Waals surface area contributed by atoms with Crippen LogP contribution in [0.25, 0.3) is 0 Å². The minimum absolute atomic E-state index is 0.108. The molecule has 3 aromatic rings. The summed E-state index contributed by atoms with van der Waals surface area (Å²) in [6, 6.07) is 19.1. The van der Waals surface area contributed by atoms with Gasteiger partial charge in [-0.15, -0.1) is 0 Å². The molecule has 2 aromatic carbocycles. The quantitative estimate of drug-likeness (QED) is 0.790. The summed E-state index contributed by atoms with van der Waals surface area (Å²) >= 11 is 0. The highest BCUT2D eigenvalue weighted by atomic mass is 16.2. The predicted octanol–water partition coefficient (Wildman–Crippen LogP) is 3.92. The number of nitrogens with zero attached hydrogens (tertiary/aromatic N) is 4. The Morgan fingerprint density at radius 1 is 1.00 bits per heavy atom. The van der Waals surface area contributed by atoms with Crippen molar-refractivity contribution < 1.29 is 4.79 Å². The zero-order chi connectivity index (χ0) is 17.2. The van der Waals surface area contributed by atoms with Gasteiger partial charge < -0.3 is 10.2 Å². The lowest BCUT2D eigenvalue weighted by molar-refractivity contribution is 0.213. The number of anilines is 4. The first kappa shape index (κ1) is 15.1. The second-order valence-electron chi connectivity index (χ2n) is 5.84. The fourth-order valence-corrected chi connectivity index (χ4v) is 2.81. The number of fused-ring (bicyclic) bond motifs is 1. The summed E-state index contributed by atoms with van der Waals surface area (Å²) in [4.78, 5) is 25.0. The number of carbonyl (C=O) groups excluding carboxylic acids is 1. The molecule has 2 amide bonds. The van der Waals surface area contributed by atoms with E-state index in [1.54, 1.807) is 23.0 Å². The van der Waals surface area contributed by atoms with Crippen molar-refractivity contribution in [2.75, 3.05) is 17.3 Å². The number of rotatable bonds is 3. The van der Waals surface area contributed by atoms with Crippen molar-refractivity contribution in [1.29, 1.82) is 0 Å². The van der Waals surface area contributed by atoms with Crippen molar-refractivity contribution in [2.45, 2.75) is 6.54 Å². The molecule has 4 rings (SSSR count). The summed E-state index contributed by atoms with van der Waals surface area (Å²) in [5.74, 6) is 1.07. The van der Waals surface area contributed by atoms with Gasteiger partial charge in [0.25, 0.3) is 0 Å². The van der Waals surface area contributed by atoms with Crippen LogP contribution in [0.5, 0.6) is 0 Å². The standard InChI is InChI=1S/C19H17N5O/c1-23-13-14-12-20-18(21-15-8-4-2-5-9-15)22-17(14)24(19(23)25)16-10-6-3-7-11-16/h2-12H,13H2,1H3,(H,20,21,22). The summed E-state index contributed by atoms with van der Waals surface area (Å²) in [7, 11) is 1.78. The Hall–Kier alpha value is -3.41. The average molecular weight is 331 g/mol. The molecule has 2 heterocycles. The highest BCUT2D eigenvalue weighted by molar-refractivity contribution is 6.00. The molecule has 0 atom stereocenters. The molecular weight excluding hydrogens is 314 g/mol. The van der Waals surface area contributed by atoms with Crippen molar-refractivity contribution in [3.8, 4) is 0 Å². The molecule has 124 valence electrons. The van der Waals surface area contributed by atoms with E-state index in [4.69, 9.17) is 0 Å². The van der Waals surface area contributed by atoms with Crippen LogP contribution in [0, 0.1) is 0 Å². The number of urea groups is 1. The van der Waals surface area contributed by atoms with E-state index in [9.17, 15) is 4.79 Å². The molecule has 0 aliphatic carbocycles. The van der Waals surface area contributed by atoms with Crippen LogP contribution in [0.15, 0.2) is 66.9 Å². The second kappa shape index (κ2) is 6.24. The highest BCUT2D eigenvalue weighted by Crippen LogP contribution is 2.33. The second-order valence-corrected chi connectivity index (χ2v) is 5.84. The van der Waals surface area contributed by atoms with Gasteiger partial charge in [-0.1, -0.05) is 36.4 Å². The van der Waals surface area contributed by atoms with Crippen LogP contribution < -0.4 is 10.2 Å². The Morgan fingerprint density at radius 2 is 1.68 bits per heavy atom. The van der Waals surface area contributed by atoms with Gasteiger partial charge in [0.05, 0.1) is 12.2 Å². The lowest BCUT2D eigenvalue weighted by Gasteiger charge is -2.34. The summed E-state index contributed by atoms with van der Waals surface area (Å²) < 4.78 is 0. The minimum Gasteiger partial charge on any atom is -0.324 e. The van der Waals surface area contributed by atoms with Gasteiger partial charge in [-0.3, -0.25) is 0 Å². The van der Waals surface area contributed by atoms with Crippen molar-refractivity contribution in [2.24, 2.45) is 0 Å². The number of carbonyl (C=O) groups is 1. The summed E-state index contributed by atoms with van der Waals surface area (Å²) in [6.45, 7) is 0.489. The third-order valence-electron chi connectivity index (χ3n) is 4.02. The number of aromatic nitrogens is 2. The topological polar surface area (TPSA) is 61.4 Å². The number of nitrogens with one attached hydrogen (secondary N) is 1. The number of para-hydroxylation sites is 2. The van der Waals surface area contributed by atoms with Gasteiger partial charge in [0.2, 0.25) is 5.95 Å². The summed E-state index contributed by atoms with van der Waals surface area (Å²) in [6.07, 6.45) is 1.77. The molecule has 0 fully saturated rings. The van der Waals surface area contributed by atoms with Crippen LogP contribution in [0.4, 0.5) is 27.9 Å². The highest BCUT2D eigenvalue weighted by Gasteiger charge is 2.31. The summed E-state index contributed by atoms with van der Waals surface area (Å²) in [5.41, 5.74) is 2.59. The Bertz CT molecular complexity index is 898. The third-order valence-corrected chi connectivity index (χ3v) is 4.02. The molecule has 0 saturated heterocycles. The Kier molecular flexibility index (Phi) is 3.78. The molecular formula is C19H17N5O. The van der Waals surface area contributed by atoms with Gasteiger partial charge in [-0.05, 0) is 24.3 Å². The molecule has 0 saturated carbocycles. The van der Waals surface area contributed by atoms with E-state index < -0.39 is 0 Å².